The van der Waals surface area contributed by atoms with E-state index in [0.717, 1.165) is 11.6 Å². The number of hydrogen-bond acceptors (Lipinski definition) is 7. The second-order valence-electron chi connectivity index (χ2n) is 6.55. The summed E-state index contributed by atoms with van der Waals surface area (Å²) in [6.45, 7) is 3.90. The molecule has 2 aromatic carbocycles. The highest BCUT2D eigenvalue weighted by atomic mass is 35.5. The number of sulfonamides is 1. The first kappa shape index (κ1) is 21.0. The summed E-state index contributed by atoms with van der Waals surface area (Å²) in [5.41, 5.74) is 1.81. The number of benzene rings is 2. The van der Waals surface area contributed by atoms with Gasteiger partial charge in [-0.3, -0.25) is 0 Å². The summed E-state index contributed by atoms with van der Waals surface area (Å²) < 4.78 is 33.1. The van der Waals surface area contributed by atoms with Gasteiger partial charge in [-0.2, -0.15) is 4.98 Å². The molecule has 0 atom stereocenters. The predicted octanol–water partition coefficient (Wildman–Crippen LogP) is 3.52. The average molecular weight is 436 g/mol. The molecular weight excluding hydrogens is 418 g/mol. The van der Waals surface area contributed by atoms with E-state index in [2.05, 4.69) is 24.0 Å². The van der Waals surface area contributed by atoms with E-state index in [-0.39, 0.29) is 28.0 Å². The molecule has 1 heterocycles. The lowest BCUT2D eigenvalue weighted by Crippen LogP contribution is -2.14. The molecule has 3 aromatic rings. The maximum absolute atomic E-state index is 12.3. The van der Waals surface area contributed by atoms with Crippen LogP contribution in [0.2, 0.25) is 5.02 Å². The molecule has 0 unspecified atom stereocenters. The molecule has 3 rings (SSSR count). The van der Waals surface area contributed by atoms with E-state index < -0.39 is 16.0 Å². The van der Waals surface area contributed by atoms with E-state index in [1.807, 2.05) is 24.3 Å². The molecule has 2 N–H and O–H groups in total. The summed E-state index contributed by atoms with van der Waals surface area (Å²) in [4.78, 5) is 16.2. The first-order valence-electron chi connectivity index (χ1n) is 8.57. The number of halogens is 1. The molecule has 0 spiro atoms. The number of carbonyl (C=O) groups is 1. The second kappa shape index (κ2) is 8.32. The molecule has 0 aliphatic rings. The number of nitrogens with zero attached hydrogens (tertiary/aromatic N) is 2. The van der Waals surface area contributed by atoms with Crippen molar-refractivity contribution in [2.75, 3.05) is 0 Å². The van der Waals surface area contributed by atoms with Crippen LogP contribution in [0.25, 0.3) is 11.4 Å². The van der Waals surface area contributed by atoms with Crippen molar-refractivity contribution >= 4 is 27.6 Å². The summed E-state index contributed by atoms with van der Waals surface area (Å²) >= 11 is 5.95. The highest BCUT2D eigenvalue weighted by molar-refractivity contribution is 7.89. The minimum absolute atomic E-state index is 0.0267. The van der Waals surface area contributed by atoms with Crippen LogP contribution in [0.1, 0.15) is 41.6 Å². The van der Waals surface area contributed by atoms with Crippen LogP contribution in [0.4, 0.5) is 0 Å². The van der Waals surface area contributed by atoms with Crippen LogP contribution < -0.4 is 5.14 Å². The smallest absolute Gasteiger partial charge is 0.340 e. The molecule has 152 valence electrons. The Bertz CT molecular complexity index is 1140. The zero-order valence-electron chi connectivity index (χ0n) is 15.6. The van der Waals surface area contributed by atoms with Crippen molar-refractivity contribution in [2.45, 2.75) is 31.3 Å². The van der Waals surface area contributed by atoms with Gasteiger partial charge in [0.25, 0.3) is 5.89 Å². The van der Waals surface area contributed by atoms with Gasteiger partial charge >= 0.3 is 5.97 Å². The third kappa shape index (κ3) is 5.00. The molecule has 0 bridgehead atoms. The van der Waals surface area contributed by atoms with Gasteiger partial charge in [0, 0.05) is 5.56 Å². The SMILES string of the molecule is CC(C)c1ccc(-c2noc(COC(=O)c3cc(S(N)(=O)=O)ccc3Cl)n2)cc1. The number of rotatable bonds is 6. The monoisotopic (exact) mass is 435 g/mol. The Balaban J connectivity index is 1.70. The predicted molar refractivity (Wildman–Crippen MR) is 106 cm³/mol. The van der Waals surface area contributed by atoms with Crippen LogP contribution in [0, 0.1) is 0 Å². The molecule has 0 amide bonds. The molecule has 1 aromatic heterocycles. The Labute approximate surface area is 172 Å². The van der Waals surface area contributed by atoms with E-state index >= 15 is 0 Å². The molecule has 29 heavy (non-hydrogen) atoms. The van der Waals surface area contributed by atoms with E-state index in [9.17, 15) is 13.2 Å². The average Bonchev–Trinajstić information content (AvgIpc) is 3.14. The van der Waals surface area contributed by atoms with Crippen LogP contribution >= 0.6 is 11.6 Å². The summed E-state index contributed by atoms with van der Waals surface area (Å²) in [6.07, 6.45) is 0. The normalized spacial score (nSPS) is 11.6. The largest absolute Gasteiger partial charge is 0.452 e. The fraction of sp³-hybridized carbons (Fsp3) is 0.211. The third-order valence-corrected chi connectivity index (χ3v) is 5.36. The number of ether oxygens (including phenoxy) is 1. The highest BCUT2D eigenvalue weighted by Gasteiger charge is 2.18. The second-order valence-corrected chi connectivity index (χ2v) is 8.52. The number of hydrogen-bond donors (Lipinski definition) is 1. The van der Waals surface area contributed by atoms with Crippen molar-refractivity contribution in [3.8, 4) is 11.4 Å². The molecule has 0 saturated carbocycles. The fourth-order valence-corrected chi connectivity index (χ4v) is 3.23. The molecular formula is C19H18ClN3O5S. The van der Waals surface area contributed by atoms with Crippen molar-refractivity contribution in [1.29, 1.82) is 0 Å². The van der Waals surface area contributed by atoms with Crippen molar-refractivity contribution in [3.63, 3.8) is 0 Å². The van der Waals surface area contributed by atoms with E-state index in [4.69, 9.17) is 26.0 Å². The summed E-state index contributed by atoms with van der Waals surface area (Å²) in [5, 5.41) is 8.97. The Hall–Kier alpha value is -2.75. The van der Waals surface area contributed by atoms with Gasteiger partial charge in [0.05, 0.1) is 15.5 Å². The molecule has 0 radical (unpaired) electrons. The third-order valence-electron chi connectivity index (χ3n) is 4.12. The van der Waals surface area contributed by atoms with Crippen LogP contribution in [0.3, 0.4) is 0 Å². The molecule has 10 heteroatoms. The maximum Gasteiger partial charge on any atom is 0.340 e. The topological polar surface area (TPSA) is 125 Å². The fourth-order valence-electron chi connectivity index (χ4n) is 2.49. The number of primary sulfonamides is 1. The lowest BCUT2D eigenvalue weighted by molar-refractivity contribution is 0.0429. The number of aromatic nitrogens is 2. The van der Waals surface area contributed by atoms with Crippen molar-refractivity contribution < 1.29 is 22.5 Å². The minimum Gasteiger partial charge on any atom is -0.452 e. The first-order valence-corrected chi connectivity index (χ1v) is 10.5. The number of esters is 1. The Morgan fingerprint density at radius 3 is 2.52 bits per heavy atom. The van der Waals surface area contributed by atoms with Gasteiger partial charge < -0.3 is 9.26 Å². The molecule has 0 fully saturated rings. The highest BCUT2D eigenvalue weighted by Crippen LogP contribution is 2.23. The number of nitrogens with two attached hydrogens (primary N) is 1. The summed E-state index contributed by atoms with van der Waals surface area (Å²) in [7, 11) is -3.99. The first-order chi connectivity index (χ1) is 13.6. The van der Waals surface area contributed by atoms with Gasteiger partial charge in [-0.05, 0) is 29.7 Å². The standard InChI is InChI=1S/C19H18ClN3O5S/c1-11(2)12-3-5-13(6-4-12)18-22-17(28-23-18)10-27-19(24)15-9-14(29(21,25)26)7-8-16(15)20/h3-9,11H,10H2,1-2H3,(H2,21,25,26). The minimum atomic E-state index is -3.99. The van der Waals surface area contributed by atoms with Gasteiger partial charge in [0.2, 0.25) is 15.8 Å². The Morgan fingerprint density at radius 1 is 1.21 bits per heavy atom. The lowest BCUT2D eigenvalue weighted by atomic mass is 10.0. The summed E-state index contributed by atoms with van der Waals surface area (Å²) in [6, 6.07) is 11.2. The summed E-state index contributed by atoms with van der Waals surface area (Å²) in [5.74, 6) is 0.00559. The van der Waals surface area contributed by atoms with Gasteiger partial charge in [0.1, 0.15) is 0 Å². The maximum atomic E-state index is 12.3. The lowest BCUT2D eigenvalue weighted by Gasteiger charge is -2.06. The van der Waals surface area contributed by atoms with Gasteiger partial charge in [-0.15, -0.1) is 0 Å². The molecule has 0 aliphatic heterocycles. The van der Waals surface area contributed by atoms with Gasteiger partial charge in [-0.25, -0.2) is 18.4 Å². The Kier molecular flexibility index (Phi) is 6.02. The molecule has 0 aliphatic carbocycles. The van der Waals surface area contributed by atoms with Crippen LogP contribution in [0.5, 0.6) is 0 Å². The quantitative estimate of drug-likeness (QED) is 0.587. The molecule has 0 saturated heterocycles. The van der Waals surface area contributed by atoms with Crippen LogP contribution in [-0.2, 0) is 21.4 Å². The van der Waals surface area contributed by atoms with Crippen LogP contribution in [-0.4, -0.2) is 24.5 Å². The van der Waals surface area contributed by atoms with Crippen LogP contribution in [0.15, 0.2) is 51.9 Å². The van der Waals surface area contributed by atoms with E-state index in [0.29, 0.717) is 11.7 Å². The van der Waals surface area contributed by atoms with Crippen molar-refractivity contribution in [3.05, 3.63) is 64.5 Å². The number of carbonyl (C=O) groups excluding carboxylic acids is 1. The van der Waals surface area contributed by atoms with Gasteiger partial charge in [0.15, 0.2) is 6.61 Å². The van der Waals surface area contributed by atoms with Crippen molar-refractivity contribution in [2.24, 2.45) is 5.14 Å². The van der Waals surface area contributed by atoms with Crippen molar-refractivity contribution in [1.82, 2.24) is 10.1 Å². The zero-order valence-corrected chi connectivity index (χ0v) is 17.2. The Morgan fingerprint density at radius 2 is 1.90 bits per heavy atom. The van der Waals surface area contributed by atoms with E-state index in [1.165, 1.54) is 17.7 Å². The van der Waals surface area contributed by atoms with Gasteiger partial charge in [-0.1, -0.05) is 54.9 Å². The van der Waals surface area contributed by atoms with E-state index in [1.54, 1.807) is 0 Å². The zero-order chi connectivity index (χ0) is 21.2. The molecule has 8 nitrogen and oxygen atoms in total.